The van der Waals surface area contributed by atoms with Crippen LogP contribution in [0.15, 0.2) is 29.0 Å². The molecule has 0 fully saturated rings. The number of hydrogen-bond donors (Lipinski definition) is 1. The Bertz CT molecular complexity index is 583. The van der Waals surface area contributed by atoms with Crippen LogP contribution < -0.4 is 5.73 Å². The molecule has 0 aliphatic heterocycles. The van der Waals surface area contributed by atoms with E-state index >= 15 is 0 Å². The molecule has 0 amide bonds. The van der Waals surface area contributed by atoms with Crippen molar-refractivity contribution in [3.05, 3.63) is 50.5 Å². The van der Waals surface area contributed by atoms with Crippen molar-refractivity contribution in [3.8, 4) is 0 Å². The maximum absolute atomic E-state index is 11.0. The van der Waals surface area contributed by atoms with Gasteiger partial charge in [0.05, 0.1) is 23.6 Å². The molecule has 0 atom stereocenters. The summed E-state index contributed by atoms with van der Waals surface area (Å²) in [4.78, 5) is 14.5. The standard InChI is InChI=1S/C10H10BrN5O2/c11-8-2-1-7(9(3-8)16(17)18)5-15-10(4-12)13-6-14-15/h1-3,6H,4-5,12H2. The number of nitro groups is 1. The number of halogens is 1. The fourth-order valence-electron chi connectivity index (χ4n) is 1.58. The minimum atomic E-state index is -0.418. The van der Waals surface area contributed by atoms with Gasteiger partial charge in [-0.25, -0.2) is 9.67 Å². The predicted molar refractivity (Wildman–Crippen MR) is 67.8 cm³/mol. The van der Waals surface area contributed by atoms with Crippen molar-refractivity contribution in [2.75, 3.05) is 0 Å². The summed E-state index contributed by atoms with van der Waals surface area (Å²) in [5.41, 5.74) is 6.11. The number of rotatable bonds is 4. The third-order valence-corrected chi connectivity index (χ3v) is 2.94. The Morgan fingerprint density at radius 2 is 2.28 bits per heavy atom. The quantitative estimate of drug-likeness (QED) is 0.680. The van der Waals surface area contributed by atoms with E-state index in [0.29, 0.717) is 15.9 Å². The van der Waals surface area contributed by atoms with E-state index in [9.17, 15) is 10.1 Å². The van der Waals surface area contributed by atoms with Crippen LogP contribution >= 0.6 is 15.9 Å². The van der Waals surface area contributed by atoms with Crippen LogP contribution in [0.1, 0.15) is 11.4 Å². The Kier molecular flexibility index (Phi) is 3.68. The third-order valence-electron chi connectivity index (χ3n) is 2.44. The van der Waals surface area contributed by atoms with E-state index in [1.54, 1.807) is 16.8 Å². The Labute approximate surface area is 111 Å². The number of nitro benzene ring substituents is 1. The highest BCUT2D eigenvalue weighted by atomic mass is 79.9. The fraction of sp³-hybridized carbons (Fsp3) is 0.200. The van der Waals surface area contributed by atoms with E-state index in [2.05, 4.69) is 26.0 Å². The number of nitrogens with two attached hydrogens (primary N) is 1. The lowest BCUT2D eigenvalue weighted by atomic mass is 10.2. The number of aromatic nitrogens is 3. The zero-order valence-corrected chi connectivity index (χ0v) is 10.9. The van der Waals surface area contributed by atoms with Gasteiger partial charge >= 0.3 is 0 Å². The second kappa shape index (κ2) is 5.23. The Balaban J connectivity index is 2.37. The molecule has 1 heterocycles. The van der Waals surface area contributed by atoms with Gasteiger partial charge < -0.3 is 5.73 Å². The first-order valence-corrected chi connectivity index (χ1v) is 5.90. The highest BCUT2D eigenvalue weighted by Crippen LogP contribution is 2.24. The first kappa shape index (κ1) is 12.7. The minimum Gasteiger partial charge on any atom is -0.324 e. The smallest absolute Gasteiger partial charge is 0.275 e. The second-order valence-corrected chi connectivity index (χ2v) is 4.48. The van der Waals surface area contributed by atoms with Crippen LogP contribution in [-0.2, 0) is 13.1 Å². The average Bonchev–Trinajstić information content (AvgIpc) is 2.78. The van der Waals surface area contributed by atoms with E-state index < -0.39 is 4.92 Å². The summed E-state index contributed by atoms with van der Waals surface area (Å²) in [7, 11) is 0. The molecular formula is C10H10BrN5O2. The van der Waals surface area contributed by atoms with Gasteiger partial charge in [0.15, 0.2) is 0 Å². The molecular weight excluding hydrogens is 302 g/mol. The number of benzene rings is 1. The average molecular weight is 312 g/mol. The van der Waals surface area contributed by atoms with Gasteiger partial charge in [0.1, 0.15) is 12.2 Å². The van der Waals surface area contributed by atoms with E-state index in [-0.39, 0.29) is 18.8 Å². The summed E-state index contributed by atoms with van der Waals surface area (Å²) in [6.45, 7) is 0.514. The molecule has 0 saturated heterocycles. The Morgan fingerprint density at radius 1 is 1.50 bits per heavy atom. The molecule has 0 saturated carbocycles. The lowest BCUT2D eigenvalue weighted by molar-refractivity contribution is -0.385. The van der Waals surface area contributed by atoms with Gasteiger partial charge in [-0.15, -0.1) is 0 Å². The molecule has 0 unspecified atom stereocenters. The number of hydrogen-bond acceptors (Lipinski definition) is 5. The topological polar surface area (TPSA) is 99.9 Å². The summed E-state index contributed by atoms with van der Waals surface area (Å²) in [6, 6.07) is 4.90. The fourth-order valence-corrected chi connectivity index (χ4v) is 1.93. The maximum atomic E-state index is 11.0. The Morgan fingerprint density at radius 3 is 2.94 bits per heavy atom. The van der Waals surface area contributed by atoms with Crippen molar-refractivity contribution >= 4 is 21.6 Å². The van der Waals surface area contributed by atoms with Crippen molar-refractivity contribution < 1.29 is 4.92 Å². The molecule has 18 heavy (non-hydrogen) atoms. The van der Waals surface area contributed by atoms with Crippen molar-refractivity contribution in [3.63, 3.8) is 0 Å². The normalized spacial score (nSPS) is 10.6. The lowest BCUT2D eigenvalue weighted by Gasteiger charge is -2.06. The molecule has 1 aromatic heterocycles. The SMILES string of the molecule is NCc1ncnn1Cc1ccc(Br)cc1[N+](=O)[O-]. The van der Waals surface area contributed by atoms with Gasteiger partial charge in [0.2, 0.25) is 0 Å². The third kappa shape index (κ3) is 2.54. The molecule has 0 bridgehead atoms. The minimum absolute atomic E-state index is 0.0443. The molecule has 2 rings (SSSR count). The zero-order valence-electron chi connectivity index (χ0n) is 9.28. The van der Waals surface area contributed by atoms with Crippen LogP contribution in [-0.4, -0.2) is 19.7 Å². The molecule has 0 spiro atoms. The van der Waals surface area contributed by atoms with Gasteiger partial charge in [-0.2, -0.15) is 5.10 Å². The maximum Gasteiger partial charge on any atom is 0.275 e. The van der Waals surface area contributed by atoms with Crippen LogP contribution in [0.3, 0.4) is 0 Å². The summed E-state index contributed by atoms with van der Waals surface area (Å²) >= 11 is 3.21. The number of nitrogens with zero attached hydrogens (tertiary/aromatic N) is 4. The van der Waals surface area contributed by atoms with Crippen molar-refractivity contribution in [1.29, 1.82) is 0 Å². The monoisotopic (exact) mass is 311 g/mol. The van der Waals surface area contributed by atoms with E-state index in [4.69, 9.17) is 5.73 Å². The van der Waals surface area contributed by atoms with Gasteiger partial charge in [-0.3, -0.25) is 10.1 Å². The summed E-state index contributed by atoms with van der Waals surface area (Å²) in [5, 5.41) is 15.0. The molecule has 1 aromatic carbocycles. The molecule has 8 heteroatoms. The van der Waals surface area contributed by atoms with Crippen molar-refractivity contribution in [1.82, 2.24) is 14.8 Å². The van der Waals surface area contributed by atoms with E-state index in [1.165, 1.54) is 12.4 Å². The van der Waals surface area contributed by atoms with Gasteiger partial charge in [0.25, 0.3) is 5.69 Å². The van der Waals surface area contributed by atoms with E-state index in [0.717, 1.165) is 0 Å². The first-order valence-electron chi connectivity index (χ1n) is 5.11. The van der Waals surface area contributed by atoms with Crippen molar-refractivity contribution in [2.24, 2.45) is 5.73 Å². The summed E-state index contributed by atoms with van der Waals surface area (Å²) in [6.07, 6.45) is 1.38. The molecule has 2 N–H and O–H groups in total. The molecule has 7 nitrogen and oxygen atoms in total. The highest BCUT2D eigenvalue weighted by Gasteiger charge is 2.15. The predicted octanol–water partition coefficient (Wildman–Crippen LogP) is 1.46. The van der Waals surface area contributed by atoms with Crippen LogP contribution in [0, 0.1) is 10.1 Å². The summed E-state index contributed by atoms with van der Waals surface area (Å²) in [5.74, 6) is 0.590. The van der Waals surface area contributed by atoms with Gasteiger partial charge in [-0.05, 0) is 12.1 Å². The largest absolute Gasteiger partial charge is 0.324 e. The molecule has 0 aliphatic carbocycles. The van der Waals surface area contributed by atoms with Gasteiger partial charge in [-0.1, -0.05) is 15.9 Å². The summed E-state index contributed by atoms with van der Waals surface area (Å²) < 4.78 is 2.21. The molecule has 94 valence electrons. The van der Waals surface area contributed by atoms with Crippen LogP contribution in [0.5, 0.6) is 0 Å². The van der Waals surface area contributed by atoms with Crippen LogP contribution in [0.25, 0.3) is 0 Å². The lowest BCUT2D eigenvalue weighted by Crippen LogP contribution is -2.11. The Hall–Kier alpha value is -1.80. The highest BCUT2D eigenvalue weighted by molar-refractivity contribution is 9.10. The molecule has 2 aromatic rings. The van der Waals surface area contributed by atoms with E-state index in [1.807, 2.05) is 0 Å². The van der Waals surface area contributed by atoms with Crippen LogP contribution in [0.2, 0.25) is 0 Å². The zero-order chi connectivity index (χ0) is 13.1. The van der Waals surface area contributed by atoms with Crippen LogP contribution in [0.4, 0.5) is 5.69 Å². The first-order chi connectivity index (χ1) is 8.61. The van der Waals surface area contributed by atoms with Crippen molar-refractivity contribution in [2.45, 2.75) is 13.1 Å². The second-order valence-electron chi connectivity index (χ2n) is 3.57. The molecule has 0 radical (unpaired) electrons. The molecule has 0 aliphatic rings. The van der Waals surface area contributed by atoms with Gasteiger partial charge in [0, 0.05) is 10.5 Å².